The van der Waals surface area contributed by atoms with Gasteiger partial charge in [0.25, 0.3) is 0 Å². The van der Waals surface area contributed by atoms with Crippen molar-refractivity contribution in [1.82, 2.24) is 0 Å². The van der Waals surface area contributed by atoms with Gasteiger partial charge in [-0.2, -0.15) is 0 Å². The topological polar surface area (TPSA) is 49.8 Å². The first-order valence-electron chi connectivity index (χ1n) is 4.98. The molecule has 3 heteroatoms. The molecule has 2 rings (SSSR count). The van der Waals surface area contributed by atoms with Crippen LogP contribution in [0.3, 0.4) is 0 Å². The molecular formula is C12H14O3. The third-order valence-corrected chi connectivity index (χ3v) is 2.81. The van der Waals surface area contributed by atoms with Crippen molar-refractivity contribution in [2.75, 3.05) is 0 Å². The number of phenolic OH excluding ortho intramolecular Hbond substituents is 1. The lowest BCUT2D eigenvalue weighted by Gasteiger charge is -2.03. The van der Waals surface area contributed by atoms with Gasteiger partial charge in [-0.3, -0.25) is 4.79 Å². The van der Waals surface area contributed by atoms with Gasteiger partial charge in [0.05, 0.1) is 11.7 Å². The summed E-state index contributed by atoms with van der Waals surface area (Å²) in [6.07, 6.45) is 1.58. The standard InChI is InChI=1S/C12H14O3/c1-12(2)11(15-12)6-9-5-8(7-13)3-4-10(9)14/h3-5,7,11,14H,6H2,1-2H3/t11-/m1/s1. The fourth-order valence-electron chi connectivity index (χ4n) is 1.66. The Kier molecular flexibility index (Phi) is 2.27. The Balaban J connectivity index is 2.17. The third-order valence-electron chi connectivity index (χ3n) is 2.81. The zero-order valence-electron chi connectivity index (χ0n) is 8.86. The minimum Gasteiger partial charge on any atom is -0.508 e. The van der Waals surface area contributed by atoms with Gasteiger partial charge < -0.3 is 9.84 Å². The normalized spacial score (nSPS) is 22.4. The van der Waals surface area contributed by atoms with Crippen LogP contribution in [-0.2, 0) is 11.2 Å². The summed E-state index contributed by atoms with van der Waals surface area (Å²) < 4.78 is 5.44. The number of ether oxygens (including phenoxy) is 1. The Labute approximate surface area is 88.7 Å². The quantitative estimate of drug-likeness (QED) is 0.607. The van der Waals surface area contributed by atoms with E-state index in [1.54, 1.807) is 18.2 Å². The summed E-state index contributed by atoms with van der Waals surface area (Å²) >= 11 is 0. The van der Waals surface area contributed by atoms with E-state index in [9.17, 15) is 9.90 Å². The van der Waals surface area contributed by atoms with Crippen molar-refractivity contribution in [3.8, 4) is 5.75 Å². The molecule has 0 aliphatic carbocycles. The summed E-state index contributed by atoms with van der Waals surface area (Å²) in [5, 5.41) is 9.61. The van der Waals surface area contributed by atoms with Gasteiger partial charge in [-0.05, 0) is 37.6 Å². The highest BCUT2D eigenvalue weighted by Gasteiger charge is 2.47. The van der Waals surface area contributed by atoms with E-state index in [0.29, 0.717) is 12.0 Å². The second kappa shape index (κ2) is 3.35. The van der Waals surface area contributed by atoms with Crippen molar-refractivity contribution < 1.29 is 14.6 Å². The molecule has 1 aliphatic rings. The zero-order valence-corrected chi connectivity index (χ0v) is 8.86. The van der Waals surface area contributed by atoms with Gasteiger partial charge in [-0.15, -0.1) is 0 Å². The number of aromatic hydroxyl groups is 1. The maximum Gasteiger partial charge on any atom is 0.150 e. The van der Waals surface area contributed by atoms with Crippen molar-refractivity contribution in [1.29, 1.82) is 0 Å². The lowest BCUT2D eigenvalue weighted by atomic mass is 10.0. The Morgan fingerprint density at radius 3 is 2.73 bits per heavy atom. The maximum absolute atomic E-state index is 10.6. The summed E-state index contributed by atoms with van der Waals surface area (Å²) in [7, 11) is 0. The van der Waals surface area contributed by atoms with Gasteiger partial charge in [0, 0.05) is 12.0 Å². The number of carbonyl (C=O) groups excluding carboxylic acids is 1. The Morgan fingerprint density at radius 1 is 1.53 bits per heavy atom. The fourth-order valence-corrected chi connectivity index (χ4v) is 1.66. The molecule has 0 amide bonds. The predicted octanol–water partition coefficient (Wildman–Crippen LogP) is 1.92. The van der Waals surface area contributed by atoms with Crippen LogP contribution in [0.15, 0.2) is 18.2 Å². The van der Waals surface area contributed by atoms with Crippen molar-refractivity contribution in [3.63, 3.8) is 0 Å². The first kappa shape index (κ1) is 10.2. The van der Waals surface area contributed by atoms with Crippen LogP contribution in [0.5, 0.6) is 5.75 Å². The van der Waals surface area contributed by atoms with Crippen LogP contribution in [0.1, 0.15) is 29.8 Å². The molecule has 1 fully saturated rings. The molecule has 0 aromatic heterocycles. The number of hydrogen-bond donors (Lipinski definition) is 1. The predicted molar refractivity (Wildman–Crippen MR) is 56.2 cm³/mol. The number of epoxide rings is 1. The molecule has 1 aromatic carbocycles. The number of carbonyl (C=O) groups is 1. The molecule has 15 heavy (non-hydrogen) atoms. The molecule has 1 heterocycles. The Morgan fingerprint density at radius 2 is 2.20 bits per heavy atom. The SMILES string of the molecule is CC1(C)O[C@@H]1Cc1cc(C=O)ccc1O. The number of rotatable bonds is 3. The van der Waals surface area contributed by atoms with Crippen molar-refractivity contribution in [3.05, 3.63) is 29.3 Å². The molecule has 0 radical (unpaired) electrons. The first-order valence-corrected chi connectivity index (χ1v) is 4.98. The van der Waals surface area contributed by atoms with E-state index in [0.717, 1.165) is 11.8 Å². The van der Waals surface area contributed by atoms with Crippen molar-refractivity contribution >= 4 is 6.29 Å². The molecule has 0 spiro atoms. The second-order valence-electron chi connectivity index (χ2n) is 4.42. The fraction of sp³-hybridized carbons (Fsp3) is 0.417. The van der Waals surface area contributed by atoms with Gasteiger partial charge in [0.15, 0.2) is 0 Å². The highest BCUT2D eigenvalue weighted by atomic mass is 16.6. The van der Waals surface area contributed by atoms with Gasteiger partial charge in [0.1, 0.15) is 12.0 Å². The van der Waals surface area contributed by atoms with Crippen LogP contribution >= 0.6 is 0 Å². The van der Waals surface area contributed by atoms with E-state index in [4.69, 9.17) is 4.74 Å². The van der Waals surface area contributed by atoms with Crippen LogP contribution < -0.4 is 0 Å². The third kappa shape index (κ3) is 2.02. The van der Waals surface area contributed by atoms with Crippen molar-refractivity contribution in [2.24, 2.45) is 0 Å². The molecule has 0 unspecified atom stereocenters. The lowest BCUT2D eigenvalue weighted by Crippen LogP contribution is -2.06. The summed E-state index contributed by atoms with van der Waals surface area (Å²) in [5.74, 6) is 0.229. The largest absolute Gasteiger partial charge is 0.508 e. The van der Waals surface area contributed by atoms with Gasteiger partial charge in [-0.1, -0.05) is 0 Å². The lowest BCUT2D eigenvalue weighted by molar-refractivity contribution is 0.112. The molecule has 1 aromatic rings. The van der Waals surface area contributed by atoms with Crippen LogP contribution in [0, 0.1) is 0 Å². The van der Waals surface area contributed by atoms with Crippen LogP contribution in [0.4, 0.5) is 0 Å². The number of aldehydes is 1. The maximum atomic E-state index is 10.6. The number of benzene rings is 1. The van der Waals surface area contributed by atoms with Crippen LogP contribution in [0.2, 0.25) is 0 Å². The van der Waals surface area contributed by atoms with Crippen LogP contribution in [0.25, 0.3) is 0 Å². The molecule has 80 valence electrons. The summed E-state index contributed by atoms with van der Waals surface area (Å²) in [5.41, 5.74) is 1.26. The van der Waals surface area contributed by atoms with Crippen molar-refractivity contribution in [2.45, 2.75) is 32.0 Å². The molecule has 1 N–H and O–H groups in total. The number of phenols is 1. The smallest absolute Gasteiger partial charge is 0.150 e. The van der Waals surface area contributed by atoms with E-state index in [1.807, 2.05) is 13.8 Å². The van der Waals surface area contributed by atoms with Gasteiger partial charge in [0.2, 0.25) is 0 Å². The molecule has 1 aliphatic heterocycles. The summed E-state index contributed by atoms with van der Waals surface area (Å²) in [4.78, 5) is 10.6. The van der Waals surface area contributed by atoms with E-state index in [-0.39, 0.29) is 17.5 Å². The van der Waals surface area contributed by atoms with Crippen LogP contribution in [-0.4, -0.2) is 23.1 Å². The van der Waals surface area contributed by atoms with E-state index in [1.165, 1.54) is 0 Å². The average molecular weight is 206 g/mol. The Hall–Kier alpha value is -1.35. The Bertz CT molecular complexity index is 396. The molecule has 1 saturated heterocycles. The minimum absolute atomic E-state index is 0.0936. The van der Waals surface area contributed by atoms with E-state index < -0.39 is 0 Å². The highest BCUT2D eigenvalue weighted by Crippen LogP contribution is 2.38. The molecular weight excluding hydrogens is 192 g/mol. The van der Waals surface area contributed by atoms with E-state index >= 15 is 0 Å². The molecule has 0 bridgehead atoms. The molecule has 1 atom stereocenters. The average Bonchev–Trinajstić information content (AvgIpc) is 2.78. The van der Waals surface area contributed by atoms with Gasteiger partial charge in [-0.25, -0.2) is 0 Å². The molecule has 3 nitrogen and oxygen atoms in total. The zero-order chi connectivity index (χ0) is 11.1. The second-order valence-corrected chi connectivity index (χ2v) is 4.42. The number of hydrogen-bond acceptors (Lipinski definition) is 3. The van der Waals surface area contributed by atoms with Gasteiger partial charge >= 0.3 is 0 Å². The van der Waals surface area contributed by atoms with E-state index in [2.05, 4.69) is 0 Å². The summed E-state index contributed by atoms with van der Waals surface area (Å²) in [6, 6.07) is 4.86. The highest BCUT2D eigenvalue weighted by molar-refractivity contribution is 5.75. The molecule has 0 saturated carbocycles. The minimum atomic E-state index is -0.0936. The monoisotopic (exact) mass is 206 g/mol. The first-order chi connectivity index (χ1) is 7.03. The summed E-state index contributed by atoms with van der Waals surface area (Å²) in [6.45, 7) is 4.02.